The summed E-state index contributed by atoms with van der Waals surface area (Å²) < 4.78 is 1.79. The average molecular weight is 674 g/mol. The number of hydrogen-bond acceptors (Lipinski definition) is 5. The molecule has 0 spiro atoms. The molecule has 5 rings (SSSR count). The van der Waals surface area contributed by atoms with Gasteiger partial charge in [0.15, 0.2) is 0 Å². The highest BCUT2D eigenvalue weighted by Gasteiger charge is 2.37. The number of rotatable bonds is 12. The van der Waals surface area contributed by atoms with E-state index in [9.17, 15) is 24.3 Å². The lowest BCUT2D eigenvalue weighted by Crippen LogP contribution is -2.58. The van der Waals surface area contributed by atoms with Crippen LogP contribution < -0.4 is 21.6 Å². The summed E-state index contributed by atoms with van der Waals surface area (Å²) in [4.78, 5) is 60.2. The second-order valence-corrected chi connectivity index (χ2v) is 14.4. The number of benzene rings is 2. The van der Waals surface area contributed by atoms with E-state index in [4.69, 9.17) is 0 Å². The molecule has 49 heavy (non-hydrogen) atoms. The van der Waals surface area contributed by atoms with Gasteiger partial charge < -0.3 is 35.9 Å². The Morgan fingerprint density at radius 3 is 2.35 bits per heavy atom. The molecule has 2 aromatic heterocycles. The maximum Gasteiger partial charge on any atom is 0.326 e. The highest BCUT2D eigenvalue weighted by Crippen LogP contribution is 2.30. The average Bonchev–Trinajstić information content (AvgIpc) is 3.65. The van der Waals surface area contributed by atoms with Crippen LogP contribution in [0.3, 0.4) is 0 Å². The zero-order chi connectivity index (χ0) is 35.3. The fraction of sp³-hybridized carbons (Fsp3) is 0.514. The van der Waals surface area contributed by atoms with Gasteiger partial charge in [-0.25, -0.2) is 9.59 Å². The van der Waals surface area contributed by atoms with Crippen molar-refractivity contribution >= 4 is 39.8 Å². The minimum atomic E-state index is -0.935. The summed E-state index contributed by atoms with van der Waals surface area (Å²) in [6, 6.07) is 13.6. The van der Waals surface area contributed by atoms with E-state index < -0.39 is 29.5 Å². The number of piperidine rings is 1. The predicted octanol–water partition coefficient (Wildman–Crippen LogP) is 4.53. The van der Waals surface area contributed by atoms with Gasteiger partial charge in [0.2, 0.25) is 11.8 Å². The van der Waals surface area contributed by atoms with Crippen LogP contribution in [-0.4, -0.2) is 80.2 Å². The van der Waals surface area contributed by atoms with Gasteiger partial charge in [0.05, 0.1) is 23.2 Å². The third kappa shape index (κ3) is 8.36. The Labute approximate surface area is 287 Å². The van der Waals surface area contributed by atoms with Crippen molar-refractivity contribution in [3.05, 3.63) is 70.8 Å². The first-order valence-corrected chi connectivity index (χ1v) is 17.4. The summed E-state index contributed by atoms with van der Waals surface area (Å²) in [5, 5.41) is 21.3. The zero-order valence-electron chi connectivity index (χ0n) is 29.2. The molecule has 0 radical (unpaired) electrons. The molecule has 12 nitrogen and oxygen atoms in total. The fourth-order valence-electron chi connectivity index (χ4n) is 6.99. The number of fused-ring (bicyclic) bond motifs is 2. The summed E-state index contributed by atoms with van der Waals surface area (Å²) in [5.41, 5.74) is 2.81. The molecule has 0 bridgehead atoms. The second-order valence-electron chi connectivity index (χ2n) is 14.4. The fourth-order valence-corrected chi connectivity index (χ4v) is 6.99. The summed E-state index contributed by atoms with van der Waals surface area (Å²) in [5.74, 6) is -0.878. The van der Waals surface area contributed by atoms with Crippen LogP contribution in [0.15, 0.2) is 59.5 Å². The molecule has 6 N–H and O–H groups in total. The Hall–Kier alpha value is -4.58. The molecule has 4 atom stereocenters. The number of nitrogens with one attached hydrogen (secondary N) is 5. The number of urea groups is 1. The van der Waals surface area contributed by atoms with Gasteiger partial charge in [-0.2, -0.15) is 0 Å². The smallest absolute Gasteiger partial charge is 0.326 e. The number of aromatic nitrogens is 3. The SMILES string of the molecule is CC(=O)NCCCCC(NC(=O)[C@H](NC(=O)N1CCC(n2c(=O)[nH]c3ccccc32)CC1)[C@@H](C)c1c[nH]c2ccccc12)[C@H](O)C(C)(C)C. The number of aromatic amines is 2. The van der Waals surface area contributed by atoms with Crippen molar-refractivity contribution in [1.82, 2.24) is 35.4 Å². The molecule has 1 saturated heterocycles. The number of carbonyl (C=O) groups is 3. The third-order valence-electron chi connectivity index (χ3n) is 9.83. The number of hydrogen-bond donors (Lipinski definition) is 6. The summed E-state index contributed by atoms with van der Waals surface area (Å²) >= 11 is 0. The van der Waals surface area contributed by atoms with E-state index in [1.165, 1.54) is 6.92 Å². The van der Waals surface area contributed by atoms with E-state index in [2.05, 4.69) is 25.9 Å². The third-order valence-corrected chi connectivity index (χ3v) is 9.83. The normalized spacial score (nSPS) is 16.7. The molecule has 0 saturated carbocycles. The number of H-pyrrole nitrogens is 2. The molecule has 0 aliphatic carbocycles. The first-order chi connectivity index (χ1) is 23.3. The lowest BCUT2D eigenvalue weighted by atomic mass is 9.82. The Morgan fingerprint density at radius 1 is 0.980 bits per heavy atom. The predicted molar refractivity (Wildman–Crippen MR) is 191 cm³/mol. The quantitative estimate of drug-likeness (QED) is 0.122. The van der Waals surface area contributed by atoms with Gasteiger partial charge in [0, 0.05) is 55.6 Å². The molecule has 1 unspecified atom stereocenters. The lowest BCUT2D eigenvalue weighted by Gasteiger charge is -2.36. The van der Waals surface area contributed by atoms with Crippen molar-refractivity contribution in [3.63, 3.8) is 0 Å². The van der Waals surface area contributed by atoms with Crippen LogP contribution in [0, 0.1) is 5.41 Å². The van der Waals surface area contributed by atoms with Gasteiger partial charge in [-0.05, 0) is 61.3 Å². The lowest BCUT2D eigenvalue weighted by molar-refractivity contribution is -0.125. The molecular weight excluding hydrogens is 622 g/mol. The van der Waals surface area contributed by atoms with Crippen molar-refractivity contribution in [3.8, 4) is 0 Å². The van der Waals surface area contributed by atoms with Gasteiger partial charge in [-0.1, -0.05) is 58.0 Å². The van der Waals surface area contributed by atoms with Crippen LogP contribution in [0.1, 0.15) is 84.2 Å². The Balaban J connectivity index is 1.33. The topological polar surface area (TPSA) is 164 Å². The van der Waals surface area contributed by atoms with E-state index in [1.807, 2.05) is 82.4 Å². The summed E-state index contributed by atoms with van der Waals surface area (Å²) in [6.45, 7) is 10.6. The highest BCUT2D eigenvalue weighted by atomic mass is 16.3. The molecule has 2 aromatic carbocycles. The first kappa shape index (κ1) is 35.7. The van der Waals surface area contributed by atoms with Crippen molar-refractivity contribution in [2.75, 3.05) is 19.6 Å². The van der Waals surface area contributed by atoms with Crippen molar-refractivity contribution in [2.24, 2.45) is 5.41 Å². The molecule has 1 fully saturated rings. The summed E-state index contributed by atoms with van der Waals surface area (Å²) in [6.07, 6.45) is 4.13. The molecule has 12 heteroatoms. The number of unbranched alkanes of at least 4 members (excludes halogenated alkanes) is 1. The van der Waals surface area contributed by atoms with E-state index in [-0.39, 0.29) is 29.6 Å². The van der Waals surface area contributed by atoms with Crippen LogP contribution in [0.5, 0.6) is 0 Å². The van der Waals surface area contributed by atoms with Crippen LogP contribution in [-0.2, 0) is 9.59 Å². The largest absolute Gasteiger partial charge is 0.390 e. The number of amides is 4. The van der Waals surface area contributed by atoms with Crippen LogP contribution in [0.4, 0.5) is 4.79 Å². The zero-order valence-corrected chi connectivity index (χ0v) is 29.2. The van der Waals surface area contributed by atoms with Crippen molar-refractivity contribution < 1.29 is 19.5 Å². The molecule has 1 aliphatic heterocycles. The molecule has 3 heterocycles. The Morgan fingerprint density at radius 2 is 1.65 bits per heavy atom. The molecule has 4 amide bonds. The molecular formula is C37H51N7O5. The van der Waals surface area contributed by atoms with E-state index >= 15 is 0 Å². The van der Waals surface area contributed by atoms with E-state index in [0.29, 0.717) is 51.7 Å². The number of carbonyl (C=O) groups excluding carboxylic acids is 3. The van der Waals surface area contributed by atoms with Gasteiger partial charge in [-0.3, -0.25) is 14.2 Å². The highest BCUT2D eigenvalue weighted by molar-refractivity contribution is 5.90. The van der Waals surface area contributed by atoms with Gasteiger partial charge in [0.1, 0.15) is 6.04 Å². The summed E-state index contributed by atoms with van der Waals surface area (Å²) in [7, 11) is 0. The molecule has 264 valence electrons. The van der Waals surface area contributed by atoms with Crippen molar-refractivity contribution in [2.45, 2.75) is 96.9 Å². The van der Waals surface area contributed by atoms with Gasteiger partial charge >= 0.3 is 11.7 Å². The minimum absolute atomic E-state index is 0.0535. The number of nitrogens with zero attached hydrogens (tertiary/aromatic N) is 2. The van der Waals surface area contributed by atoms with Crippen LogP contribution in [0.25, 0.3) is 21.9 Å². The monoisotopic (exact) mass is 673 g/mol. The van der Waals surface area contributed by atoms with Gasteiger partial charge in [-0.15, -0.1) is 0 Å². The number of aliphatic hydroxyl groups is 1. The minimum Gasteiger partial charge on any atom is -0.390 e. The van der Waals surface area contributed by atoms with E-state index in [1.54, 1.807) is 9.47 Å². The van der Waals surface area contributed by atoms with Gasteiger partial charge in [0.25, 0.3) is 0 Å². The number of para-hydroxylation sites is 3. The molecule has 1 aliphatic rings. The molecule has 4 aromatic rings. The maximum atomic E-state index is 14.3. The van der Waals surface area contributed by atoms with E-state index in [0.717, 1.165) is 27.5 Å². The number of aliphatic hydroxyl groups excluding tert-OH is 1. The Bertz CT molecular complexity index is 1810. The second kappa shape index (κ2) is 15.3. The Kier molecular flexibility index (Phi) is 11.2. The maximum absolute atomic E-state index is 14.3. The van der Waals surface area contributed by atoms with Crippen LogP contribution >= 0.6 is 0 Å². The van der Waals surface area contributed by atoms with Crippen LogP contribution in [0.2, 0.25) is 0 Å². The van der Waals surface area contributed by atoms with Crippen molar-refractivity contribution in [1.29, 1.82) is 0 Å². The number of imidazole rings is 1. The standard InChI is InChI=1S/C37H51N7O5/c1-23(27-22-39-28-13-7-6-12-26(27)28)32(34(47)40-30(33(46)37(3,4)5)15-10-11-19-38-24(2)45)42-35(48)43-20-17-25(18-21-43)44-31-16-9-8-14-29(31)41-36(44)49/h6-9,12-14,16,22-23,25,30,32-33,39,46H,10-11,15,17-21H2,1-5H3,(H,38,45)(H,40,47)(H,41,49)(H,42,48)/t23-,30?,32+,33-/m0/s1. The first-order valence-electron chi connectivity index (χ1n) is 17.4. The number of likely N-dealkylation sites (tertiary alicyclic amines) is 1.